The summed E-state index contributed by atoms with van der Waals surface area (Å²) in [7, 11) is 1.82. The monoisotopic (exact) mass is 193 g/mol. The number of Topliss-reactive ketones (excluding diaryl/α,β-unsaturated/α-hetero) is 1. The number of ketones is 1. The fourth-order valence-corrected chi connectivity index (χ4v) is 1.80. The van der Waals surface area contributed by atoms with Crippen LogP contribution in [-0.4, -0.2) is 28.7 Å². The number of nitrogens with one attached hydrogen (secondary N) is 1. The van der Waals surface area contributed by atoms with Gasteiger partial charge in [-0.25, -0.2) is 0 Å². The molecule has 14 heavy (non-hydrogen) atoms. The van der Waals surface area contributed by atoms with Gasteiger partial charge in [-0.15, -0.1) is 0 Å². The van der Waals surface area contributed by atoms with Crippen molar-refractivity contribution in [2.75, 3.05) is 13.1 Å². The van der Waals surface area contributed by atoms with Gasteiger partial charge in [-0.1, -0.05) is 0 Å². The predicted octanol–water partition coefficient (Wildman–Crippen LogP) is 0.521. The third kappa shape index (κ3) is 1.57. The Kier molecular flexibility index (Phi) is 2.37. The summed E-state index contributed by atoms with van der Waals surface area (Å²) < 4.78 is 1.67. The average Bonchev–Trinajstić information content (AvgIpc) is 2.39. The lowest BCUT2D eigenvalue weighted by Crippen LogP contribution is -2.43. The van der Waals surface area contributed by atoms with Gasteiger partial charge in [0, 0.05) is 13.5 Å². The van der Waals surface area contributed by atoms with E-state index in [4.69, 9.17) is 0 Å². The zero-order valence-corrected chi connectivity index (χ0v) is 8.58. The van der Waals surface area contributed by atoms with E-state index in [1.165, 1.54) is 0 Å². The molecule has 76 valence electrons. The highest BCUT2D eigenvalue weighted by Crippen LogP contribution is 2.15. The Morgan fingerprint density at radius 3 is 2.86 bits per heavy atom. The van der Waals surface area contributed by atoms with Gasteiger partial charge in [-0.3, -0.25) is 9.48 Å². The number of rotatable bonds is 3. The molecule has 0 unspecified atom stereocenters. The molecule has 1 aromatic heterocycles. The fourth-order valence-electron chi connectivity index (χ4n) is 1.80. The van der Waals surface area contributed by atoms with Gasteiger partial charge in [0.1, 0.15) is 5.69 Å². The summed E-state index contributed by atoms with van der Waals surface area (Å²) >= 11 is 0. The quantitative estimate of drug-likeness (QED) is 0.712. The molecule has 0 aliphatic carbocycles. The molecule has 1 aliphatic heterocycles. The van der Waals surface area contributed by atoms with Gasteiger partial charge in [0.15, 0.2) is 5.78 Å². The van der Waals surface area contributed by atoms with Crippen LogP contribution in [0.25, 0.3) is 0 Å². The summed E-state index contributed by atoms with van der Waals surface area (Å²) in [5.74, 6) is 0.741. The lowest BCUT2D eigenvalue weighted by Gasteiger charge is -2.26. The van der Waals surface area contributed by atoms with E-state index in [1.807, 2.05) is 14.0 Å². The summed E-state index contributed by atoms with van der Waals surface area (Å²) in [6.45, 7) is 3.88. The maximum absolute atomic E-state index is 11.9. The van der Waals surface area contributed by atoms with E-state index in [0.29, 0.717) is 12.3 Å². The molecule has 1 aromatic rings. The van der Waals surface area contributed by atoms with Crippen LogP contribution in [-0.2, 0) is 7.05 Å². The topological polar surface area (TPSA) is 46.9 Å². The standard InChI is InChI=1S/C10H15N3O/c1-7-4-12-13(2)10(7)9(14)3-8-5-11-6-8/h4,8,11H,3,5-6H2,1-2H3. The Labute approximate surface area is 83.3 Å². The van der Waals surface area contributed by atoms with Crippen molar-refractivity contribution in [2.24, 2.45) is 13.0 Å². The maximum Gasteiger partial charge on any atom is 0.181 e. The van der Waals surface area contributed by atoms with E-state index in [-0.39, 0.29) is 5.78 Å². The smallest absolute Gasteiger partial charge is 0.181 e. The Balaban J connectivity index is 2.09. The Hall–Kier alpha value is -1.16. The first-order valence-electron chi connectivity index (χ1n) is 4.91. The van der Waals surface area contributed by atoms with Crippen LogP contribution in [0.4, 0.5) is 0 Å². The van der Waals surface area contributed by atoms with E-state index >= 15 is 0 Å². The Morgan fingerprint density at radius 2 is 2.43 bits per heavy atom. The zero-order chi connectivity index (χ0) is 10.1. The van der Waals surface area contributed by atoms with Gasteiger partial charge in [-0.05, 0) is 31.5 Å². The van der Waals surface area contributed by atoms with Crippen molar-refractivity contribution in [1.82, 2.24) is 15.1 Å². The van der Waals surface area contributed by atoms with Gasteiger partial charge < -0.3 is 5.32 Å². The van der Waals surface area contributed by atoms with Crippen LogP contribution in [0.5, 0.6) is 0 Å². The van der Waals surface area contributed by atoms with Crippen molar-refractivity contribution in [1.29, 1.82) is 0 Å². The number of nitrogens with zero attached hydrogens (tertiary/aromatic N) is 2. The highest BCUT2D eigenvalue weighted by Gasteiger charge is 2.23. The van der Waals surface area contributed by atoms with Crippen LogP contribution < -0.4 is 5.32 Å². The second kappa shape index (κ2) is 3.53. The van der Waals surface area contributed by atoms with Gasteiger partial charge in [0.05, 0.1) is 6.20 Å². The van der Waals surface area contributed by atoms with Crippen molar-refractivity contribution in [3.63, 3.8) is 0 Å². The summed E-state index contributed by atoms with van der Waals surface area (Å²) in [6, 6.07) is 0. The maximum atomic E-state index is 11.9. The summed E-state index contributed by atoms with van der Waals surface area (Å²) in [4.78, 5) is 11.9. The summed E-state index contributed by atoms with van der Waals surface area (Å²) in [5.41, 5.74) is 1.74. The largest absolute Gasteiger partial charge is 0.316 e. The van der Waals surface area contributed by atoms with E-state index in [1.54, 1.807) is 10.9 Å². The van der Waals surface area contributed by atoms with Gasteiger partial charge >= 0.3 is 0 Å². The highest BCUT2D eigenvalue weighted by molar-refractivity contribution is 5.95. The number of hydrogen-bond donors (Lipinski definition) is 1. The number of hydrogen-bond acceptors (Lipinski definition) is 3. The third-order valence-corrected chi connectivity index (χ3v) is 2.73. The molecule has 0 saturated carbocycles. The molecule has 0 bridgehead atoms. The summed E-state index contributed by atoms with van der Waals surface area (Å²) in [6.07, 6.45) is 2.39. The molecule has 0 aromatic carbocycles. The molecular formula is C10H15N3O. The SMILES string of the molecule is Cc1cnn(C)c1C(=O)CC1CNC1. The van der Waals surface area contributed by atoms with Crippen LogP contribution in [0.2, 0.25) is 0 Å². The molecule has 4 nitrogen and oxygen atoms in total. The van der Waals surface area contributed by atoms with Crippen LogP contribution in [0, 0.1) is 12.8 Å². The molecule has 0 atom stereocenters. The van der Waals surface area contributed by atoms with Crippen molar-refractivity contribution in [2.45, 2.75) is 13.3 Å². The van der Waals surface area contributed by atoms with Crippen LogP contribution >= 0.6 is 0 Å². The normalized spacial score (nSPS) is 16.7. The number of carbonyl (C=O) groups excluding carboxylic acids is 1. The first kappa shape index (κ1) is 9.40. The molecule has 0 amide bonds. The minimum absolute atomic E-state index is 0.217. The minimum atomic E-state index is 0.217. The number of carbonyl (C=O) groups is 1. The molecule has 1 aliphatic rings. The Morgan fingerprint density at radius 1 is 1.71 bits per heavy atom. The predicted molar refractivity (Wildman–Crippen MR) is 53.3 cm³/mol. The minimum Gasteiger partial charge on any atom is -0.316 e. The summed E-state index contributed by atoms with van der Waals surface area (Å²) in [5, 5.41) is 7.24. The molecular weight excluding hydrogens is 178 g/mol. The highest BCUT2D eigenvalue weighted by atomic mass is 16.1. The fraction of sp³-hybridized carbons (Fsp3) is 0.600. The van der Waals surface area contributed by atoms with E-state index in [0.717, 1.165) is 24.3 Å². The van der Waals surface area contributed by atoms with Gasteiger partial charge in [-0.2, -0.15) is 5.10 Å². The molecule has 0 spiro atoms. The molecule has 1 fully saturated rings. The first-order chi connectivity index (χ1) is 6.68. The number of aryl methyl sites for hydroxylation is 2. The molecule has 2 rings (SSSR count). The van der Waals surface area contributed by atoms with Crippen LogP contribution in [0.3, 0.4) is 0 Å². The average molecular weight is 193 g/mol. The lowest BCUT2D eigenvalue weighted by atomic mass is 9.95. The Bertz CT molecular complexity index is 333. The van der Waals surface area contributed by atoms with Crippen molar-refractivity contribution in [3.8, 4) is 0 Å². The van der Waals surface area contributed by atoms with E-state index < -0.39 is 0 Å². The zero-order valence-electron chi connectivity index (χ0n) is 8.58. The van der Waals surface area contributed by atoms with Crippen molar-refractivity contribution < 1.29 is 4.79 Å². The van der Waals surface area contributed by atoms with Crippen LogP contribution in [0.1, 0.15) is 22.5 Å². The second-order valence-corrected chi connectivity index (χ2v) is 3.95. The van der Waals surface area contributed by atoms with Crippen molar-refractivity contribution >= 4 is 5.78 Å². The molecule has 4 heteroatoms. The van der Waals surface area contributed by atoms with E-state index in [2.05, 4.69) is 10.4 Å². The molecule has 1 N–H and O–H groups in total. The molecule has 0 radical (unpaired) electrons. The van der Waals surface area contributed by atoms with Crippen molar-refractivity contribution in [3.05, 3.63) is 17.5 Å². The van der Waals surface area contributed by atoms with Gasteiger partial charge in [0.2, 0.25) is 0 Å². The second-order valence-electron chi connectivity index (χ2n) is 3.95. The first-order valence-corrected chi connectivity index (χ1v) is 4.91. The van der Waals surface area contributed by atoms with E-state index in [9.17, 15) is 4.79 Å². The third-order valence-electron chi connectivity index (χ3n) is 2.73. The molecule has 2 heterocycles. The van der Waals surface area contributed by atoms with Crippen LogP contribution in [0.15, 0.2) is 6.20 Å². The lowest BCUT2D eigenvalue weighted by molar-refractivity contribution is 0.0935. The number of aromatic nitrogens is 2. The molecule has 1 saturated heterocycles. The van der Waals surface area contributed by atoms with Gasteiger partial charge in [0.25, 0.3) is 0 Å².